The molecule has 0 saturated heterocycles. The highest BCUT2D eigenvalue weighted by Gasteiger charge is 2.13. The number of hydrogen-bond acceptors (Lipinski definition) is 5. The van der Waals surface area contributed by atoms with Crippen LogP contribution in [0.3, 0.4) is 0 Å². The molecule has 21 heavy (non-hydrogen) atoms. The van der Waals surface area contributed by atoms with Gasteiger partial charge in [-0.2, -0.15) is 0 Å². The van der Waals surface area contributed by atoms with Crippen molar-refractivity contribution in [2.75, 3.05) is 0 Å². The van der Waals surface area contributed by atoms with Crippen LogP contribution >= 0.6 is 23.5 Å². The number of benzene rings is 1. The second-order valence-corrected chi connectivity index (χ2v) is 5.86. The predicted molar refractivity (Wildman–Crippen MR) is 88.8 cm³/mol. The maximum atomic E-state index is 6.10. The summed E-state index contributed by atoms with van der Waals surface area (Å²) in [6.07, 6.45) is 3.87. The third-order valence-electron chi connectivity index (χ3n) is 3.42. The Morgan fingerprint density at radius 1 is 1.43 bits per heavy atom. The Bertz CT molecular complexity index is 855. The number of imidazole rings is 1. The van der Waals surface area contributed by atoms with Crippen LogP contribution in [0.15, 0.2) is 35.5 Å². The summed E-state index contributed by atoms with van der Waals surface area (Å²) in [5.41, 5.74) is 8.29. The van der Waals surface area contributed by atoms with Crippen LogP contribution in [0.1, 0.15) is 5.82 Å². The fourth-order valence-electron chi connectivity index (χ4n) is 2.37. The van der Waals surface area contributed by atoms with Crippen LogP contribution in [-0.4, -0.2) is 14.5 Å². The summed E-state index contributed by atoms with van der Waals surface area (Å²) in [6, 6.07) is 5.65. The predicted octanol–water partition coefficient (Wildman–Crippen LogP) is 2.72. The van der Waals surface area contributed by atoms with E-state index in [2.05, 4.69) is 9.97 Å². The minimum absolute atomic E-state index is 0.588. The lowest BCUT2D eigenvalue weighted by molar-refractivity contribution is 0.852. The van der Waals surface area contributed by atoms with Crippen LogP contribution in [0.25, 0.3) is 21.9 Å². The van der Waals surface area contributed by atoms with Crippen molar-refractivity contribution >= 4 is 45.5 Å². The van der Waals surface area contributed by atoms with Crippen molar-refractivity contribution in [3.05, 3.63) is 46.3 Å². The quantitative estimate of drug-likeness (QED) is 0.725. The van der Waals surface area contributed by atoms with Crippen molar-refractivity contribution in [1.82, 2.24) is 14.5 Å². The number of aryl methyl sites for hydroxylation is 1. The summed E-state index contributed by atoms with van der Waals surface area (Å²) in [5.74, 6) is 0.883. The maximum absolute atomic E-state index is 6.10. The van der Waals surface area contributed by atoms with Gasteiger partial charge in [0.2, 0.25) is 0 Å². The molecule has 3 rings (SSSR count). The van der Waals surface area contributed by atoms with E-state index in [4.69, 9.17) is 22.5 Å². The number of pyridine rings is 1. The zero-order valence-corrected chi connectivity index (χ0v) is 12.9. The third kappa shape index (κ3) is 2.46. The first-order chi connectivity index (χ1) is 10.1. The van der Waals surface area contributed by atoms with Crippen LogP contribution in [-0.2, 0) is 13.5 Å². The summed E-state index contributed by atoms with van der Waals surface area (Å²) in [5, 5.41) is 7.25. The van der Waals surface area contributed by atoms with E-state index in [1.807, 2.05) is 29.8 Å². The molecule has 0 spiro atoms. The molecule has 0 aliphatic rings. The summed E-state index contributed by atoms with van der Waals surface area (Å²) in [4.78, 5) is 9.91. The fraction of sp³-hybridized carbons (Fsp3) is 0.143. The molecule has 0 bridgehead atoms. The number of aromatic nitrogens is 3. The van der Waals surface area contributed by atoms with Gasteiger partial charge < -0.3 is 10.3 Å². The molecule has 4 N–H and O–H groups in total. The molecule has 0 unspecified atom stereocenters. The number of fused-ring (bicyclic) bond motifs is 3. The van der Waals surface area contributed by atoms with Crippen molar-refractivity contribution in [1.29, 1.82) is 0 Å². The number of rotatable bonds is 3. The van der Waals surface area contributed by atoms with E-state index >= 15 is 0 Å². The van der Waals surface area contributed by atoms with Crippen LogP contribution in [0, 0.1) is 0 Å². The van der Waals surface area contributed by atoms with E-state index in [1.54, 1.807) is 6.20 Å². The normalized spacial score (nSPS) is 12.4. The number of hydrogen-bond donors (Lipinski definition) is 2. The molecular weight excluding hydrogens is 306 g/mol. The molecule has 0 aliphatic heterocycles. The highest BCUT2D eigenvalue weighted by Crippen LogP contribution is 2.27. The summed E-state index contributed by atoms with van der Waals surface area (Å²) >= 11 is 7.24. The summed E-state index contributed by atoms with van der Waals surface area (Å²) < 4.78 is 2.04. The van der Waals surface area contributed by atoms with E-state index < -0.39 is 0 Å². The van der Waals surface area contributed by atoms with Gasteiger partial charge in [0.05, 0.1) is 17.2 Å². The second kappa shape index (κ2) is 5.55. The number of halogens is 1. The van der Waals surface area contributed by atoms with Gasteiger partial charge in [0, 0.05) is 35.0 Å². The van der Waals surface area contributed by atoms with Crippen molar-refractivity contribution < 1.29 is 0 Å². The van der Waals surface area contributed by atoms with Crippen LogP contribution in [0.4, 0.5) is 0 Å². The van der Waals surface area contributed by atoms with Crippen LogP contribution < -0.4 is 10.9 Å². The Balaban J connectivity index is 2.24. The summed E-state index contributed by atoms with van der Waals surface area (Å²) in [7, 11) is 1.97. The Kier molecular flexibility index (Phi) is 3.75. The lowest BCUT2D eigenvalue weighted by Crippen LogP contribution is -2.01. The zero-order chi connectivity index (χ0) is 15.0. The van der Waals surface area contributed by atoms with Gasteiger partial charge in [0.25, 0.3) is 0 Å². The highest BCUT2D eigenvalue weighted by atomic mass is 35.5. The molecule has 0 radical (unpaired) electrons. The molecule has 7 heteroatoms. The number of nitrogens with two attached hydrogens (primary N) is 2. The first kappa shape index (κ1) is 14.2. The Morgan fingerprint density at radius 3 is 2.95 bits per heavy atom. The molecule has 108 valence electrons. The standard InChI is InChI=1S/C14H14ClN5S/c1-20-13(5-9(6-16)21-17)19-12-7-18-11-3-2-8(15)4-10(11)14(12)20/h2-4,6-7H,5,16-17H2,1H3/b9-6-. The van der Waals surface area contributed by atoms with Gasteiger partial charge >= 0.3 is 0 Å². The fourth-order valence-corrected chi connectivity index (χ4v) is 2.83. The minimum atomic E-state index is 0.588. The molecule has 0 fully saturated rings. The van der Waals surface area contributed by atoms with E-state index in [0.717, 1.165) is 44.6 Å². The second-order valence-electron chi connectivity index (χ2n) is 4.67. The van der Waals surface area contributed by atoms with Crippen molar-refractivity contribution in [2.24, 2.45) is 17.9 Å². The summed E-state index contributed by atoms with van der Waals surface area (Å²) in [6.45, 7) is 0. The first-order valence-corrected chi connectivity index (χ1v) is 7.57. The molecule has 0 atom stereocenters. The topological polar surface area (TPSA) is 82.8 Å². The highest BCUT2D eigenvalue weighted by molar-refractivity contribution is 8.00. The molecule has 2 aromatic heterocycles. The Labute approximate surface area is 131 Å². The monoisotopic (exact) mass is 319 g/mol. The third-order valence-corrected chi connectivity index (χ3v) is 4.24. The molecule has 5 nitrogen and oxygen atoms in total. The van der Waals surface area contributed by atoms with E-state index in [0.29, 0.717) is 11.4 Å². The van der Waals surface area contributed by atoms with Gasteiger partial charge in [-0.05, 0) is 18.2 Å². The maximum Gasteiger partial charge on any atom is 0.114 e. The zero-order valence-electron chi connectivity index (χ0n) is 11.4. The molecular formula is C14H14ClN5S. The first-order valence-electron chi connectivity index (χ1n) is 6.31. The van der Waals surface area contributed by atoms with Gasteiger partial charge in [0.15, 0.2) is 0 Å². The van der Waals surface area contributed by atoms with E-state index in [9.17, 15) is 0 Å². The average molecular weight is 320 g/mol. The molecule has 0 saturated carbocycles. The van der Waals surface area contributed by atoms with Crippen LogP contribution in [0.2, 0.25) is 5.02 Å². The van der Waals surface area contributed by atoms with Gasteiger partial charge in [-0.25, -0.2) is 4.98 Å². The van der Waals surface area contributed by atoms with E-state index in [1.165, 1.54) is 6.20 Å². The van der Waals surface area contributed by atoms with Crippen molar-refractivity contribution in [3.63, 3.8) is 0 Å². The molecule has 0 aliphatic carbocycles. The van der Waals surface area contributed by atoms with Crippen molar-refractivity contribution in [3.8, 4) is 0 Å². The van der Waals surface area contributed by atoms with Crippen molar-refractivity contribution in [2.45, 2.75) is 6.42 Å². The Hall–Kier alpha value is -1.76. The lowest BCUT2D eigenvalue weighted by Gasteiger charge is -2.05. The van der Waals surface area contributed by atoms with E-state index in [-0.39, 0.29) is 0 Å². The molecule has 1 aromatic carbocycles. The average Bonchev–Trinajstić information content (AvgIpc) is 2.81. The smallest absolute Gasteiger partial charge is 0.114 e. The van der Waals surface area contributed by atoms with Gasteiger partial charge in [-0.1, -0.05) is 23.5 Å². The molecule has 0 amide bonds. The molecule has 2 heterocycles. The van der Waals surface area contributed by atoms with Gasteiger partial charge in [-0.15, -0.1) is 0 Å². The lowest BCUT2D eigenvalue weighted by atomic mass is 10.2. The van der Waals surface area contributed by atoms with Gasteiger partial charge in [-0.3, -0.25) is 10.1 Å². The number of allylic oxidation sites excluding steroid dienone is 1. The number of nitrogens with zero attached hydrogens (tertiary/aromatic N) is 3. The Morgan fingerprint density at radius 2 is 2.24 bits per heavy atom. The van der Waals surface area contributed by atoms with Crippen LogP contribution in [0.5, 0.6) is 0 Å². The largest absolute Gasteiger partial charge is 0.404 e. The molecule has 3 aromatic rings. The SMILES string of the molecule is Cn1c(C/C(=C/N)SN)nc2cnc3ccc(Cl)cc3c21. The minimum Gasteiger partial charge on any atom is -0.404 e. The van der Waals surface area contributed by atoms with Gasteiger partial charge in [0.1, 0.15) is 11.3 Å².